The molecule has 1 aliphatic carbocycles. The highest BCUT2D eigenvalue weighted by Crippen LogP contribution is 2.43. The number of aliphatic hydroxyl groups is 1. The van der Waals surface area contributed by atoms with Gasteiger partial charge in [-0.1, -0.05) is 39.8 Å². The third kappa shape index (κ3) is 3.41. The van der Waals surface area contributed by atoms with Crippen molar-refractivity contribution in [2.45, 2.75) is 76.6 Å². The van der Waals surface area contributed by atoms with Crippen molar-refractivity contribution in [1.29, 1.82) is 0 Å². The van der Waals surface area contributed by atoms with Crippen molar-refractivity contribution in [3.05, 3.63) is 42.0 Å². The van der Waals surface area contributed by atoms with Crippen LogP contribution < -0.4 is 4.43 Å². The Morgan fingerprint density at radius 2 is 2.04 bits per heavy atom. The molecule has 0 heterocycles. The lowest BCUT2D eigenvalue weighted by molar-refractivity contribution is 0.0743. The first kappa shape index (κ1) is 18.3. The van der Waals surface area contributed by atoms with Gasteiger partial charge in [-0.05, 0) is 60.7 Å². The van der Waals surface area contributed by atoms with Gasteiger partial charge in [0, 0.05) is 5.41 Å². The highest BCUT2D eigenvalue weighted by atomic mass is 28.4. The van der Waals surface area contributed by atoms with Gasteiger partial charge in [0.2, 0.25) is 8.32 Å². The van der Waals surface area contributed by atoms with E-state index >= 15 is 0 Å². The summed E-state index contributed by atoms with van der Waals surface area (Å²) in [6, 6.07) is 6.44. The zero-order valence-corrected chi connectivity index (χ0v) is 16.6. The lowest BCUT2D eigenvalue weighted by atomic mass is 9.67. The molecule has 0 saturated heterocycles. The highest BCUT2D eigenvalue weighted by Gasteiger charge is 2.41. The summed E-state index contributed by atoms with van der Waals surface area (Å²) in [5, 5.41) is 10.7. The van der Waals surface area contributed by atoms with Crippen LogP contribution in [0.2, 0.25) is 18.1 Å². The van der Waals surface area contributed by atoms with E-state index in [0.29, 0.717) is 0 Å². The van der Waals surface area contributed by atoms with Crippen molar-refractivity contribution >= 4 is 8.32 Å². The lowest BCUT2D eigenvalue weighted by Gasteiger charge is -2.41. The Balaban J connectivity index is 2.36. The molecular weight excluding hydrogens is 300 g/mol. The smallest absolute Gasteiger partial charge is 0.250 e. The van der Waals surface area contributed by atoms with Crippen LogP contribution >= 0.6 is 0 Å². The molecule has 2 nitrogen and oxygen atoms in total. The van der Waals surface area contributed by atoms with Gasteiger partial charge in [0.15, 0.2) is 0 Å². The molecule has 0 saturated carbocycles. The van der Waals surface area contributed by atoms with Gasteiger partial charge in [-0.15, -0.1) is 6.58 Å². The maximum absolute atomic E-state index is 10.5. The fourth-order valence-corrected chi connectivity index (χ4v) is 4.20. The molecule has 1 aromatic carbocycles. The molecule has 1 aromatic rings. The summed E-state index contributed by atoms with van der Waals surface area (Å²) in [7, 11) is -1.82. The molecule has 128 valence electrons. The van der Waals surface area contributed by atoms with E-state index in [1.165, 1.54) is 11.1 Å². The van der Waals surface area contributed by atoms with Gasteiger partial charge >= 0.3 is 0 Å². The molecule has 0 bridgehead atoms. The molecule has 0 amide bonds. The Kier molecular flexibility index (Phi) is 4.85. The highest BCUT2D eigenvalue weighted by molar-refractivity contribution is 6.74. The van der Waals surface area contributed by atoms with Crippen LogP contribution in [0, 0.1) is 0 Å². The van der Waals surface area contributed by atoms with Crippen LogP contribution in [0.1, 0.15) is 51.7 Å². The van der Waals surface area contributed by atoms with Crippen molar-refractivity contribution in [3.63, 3.8) is 0 Å². The first-order valence-corrected chi connectivity index (χ1v) is 11.5. The van der Waals surface area contributed by atoms with Crippen molar-refractivity contribution < 1.29 is 9.53 Å². The molecule has 23 heavy (non-hydrogen) atoms. The summed E-state index contributed by atoms with van der Waals surface area (Å²) in [5.41, 5.74) is 2.33. The average Bonchev–Trinajstić information content (AvgIpc) is 2.42. The Morgan fingerprint density at radius 3 is 2.61 bits per heavy atom. The molecule has 3 heteroatoms. The molecule has 0 spiro atoms. The number of hydrogen-bond donors (Lipinski definition) is 1. The number of allylic oxidation sites excluding steroid dienone is 1. The van der Waals surface area contributed by atoms with Crippen LogP contribution in [0.25, 0.3) is 0 Å². The standard InChI is InChI=1S/C20H32O2Si/c1-8-13-20(5)17-11-10-16(14-15(17)9-12-18(20)21)22-23(6,7)19(2,3)4/h8,10-11,14,18,21H,1,9,12-13H2,2-7H3/t18-,20-/m1/s1. The Bertz CT molecular complexity index is 586. The van der Waals surface area contributed by atoms with Crippen LogP contribution in [0.3, 0.4) is 0 Å². The van der Waals surface area contributed by atoms with E-state index in [4.69, 9.17) is 4.43 Å². The third-order valence-corrected chi connectivity index (χ3v) is 10.2. The zero-order chi connectivity index (χ0) is 17.5. The Hall–Kier alpha value is -1.06. The minimum atomic E-state index is -1.82. The van der Waals surface area contributed by atoms with Gasteiger partial charge in [-0.3, -0.25) is 0 Å². The van der Waals surface area contributed by atoms with Crippen molar-refractivity contribution in [1.82, 2.24) is 0 Å². The maximum atomic E-state index is 10.5. The summed E-state index contributed by atoms with van der Waals surface area (Å²) >= 11 is 0. The average molecular weight is 333 g/mol. The number of fused-ring (bicyclic) bond motifs is 1. The Morgan fingerprint density at radius 1 is 1.39 bits per heavy atom. The van der Waals surface area contributed by atoms with Crippen LogP contribution in [0.5, 0.6) is 5.75 Å². The summed E-state index contributed by atoms with van der Waals surface area (Å²) in [4.78, 5) is 0. The quantitative estimate of drug-likeness (QED) is 0.605. The molecule has 2 atom stereocenters. The van der Waals surface area contributed by atoms with Crippen LogP contribution in [-0.2, 0) is 11.8 Å². The van der Waals surface area contributed by atoms with E-state index in [2.05, 4.69) is 65.6 Å². The summed E-state index contributed by atoms with van der Waals surface area (Å²) in [5.74, 6) is 0.979. The van der Waals surface area contributed by atoms with Gasteiger partial charge in [-0.25, -0.2) is 0 Å². The van der Waals surface area contributed by atoms with Crippen LogP contribution in [-0.4, -0.2) is 19.5 Å². The second-order valence-electron chi connectivity index (χ2n) is 8.65. The number of rotatable bonds is 4. The SMILES string of the molecule is C=CC[C@]1(C)c2ccc(O[Si](C)(C)C(C)(C)C)cc2CC[C@H]1O. The number of benzene rings is 1. The first-order chi connectivity index (χ1) is 10.5. The molecule has 1 N–H and O–H groups in total. The molecule has 0 fully saturated rings. The van der Waals surface area contributed by atoms with E-state index in [9.17, 15) is 5.11 Å². The minimum absolute atomic E-state index is 0.191. The van der Waals surface area contributed by atoms with Crippen LogP contribution in [0.15, 0.2) is 30.9 Å². The second kappa shape index (κ2) is 6.10. The Labute approximate surface area is 142 Å². The largest absolute Gasteiger partial charge is 0.543 e. The molecule has 0 aromatic heterocycles. The van der Waals surface area contributed by atoms with E-state index in [1.807, 2.05) is 6.08 Å². The summed E-state index contributed by atoms with van der Waals surface area (Å²) < 4.78 is 6.44. The van der Waals surface area contributed by atoms with E-state index in [0.717, 1.165) is 25.0 Å². The lowest BCUT2D eigenvalue weighted by Crippen LogP contribution is -2.44. The van der Waals surface area contributed by atoms with E-state index in [-0.39, 0.29) is 16.6 Å². The fourth-order valence-electron chi connectivity index (χ4n) is 3.18. The van der Waals surface area contributed by atoms with E-state index < -0.39 is 8.32 Å². The monoisotopic (exact) mass is 332 g/mol. The van der Waals surface area contributed by atoms with Crippen molar-refractivity contribution in [3.8, 4) is 5.75 Å². The predicted octanol–water partition coefficient (Wildman–Crippen LogP) is 5.21. The predicted molar refractivity (Wildman–Crippen MR) is 101 cm³/mol. The molecule has 0 unspecified atom stereocenters. The van der Waals surface area contributed by atoms with Gasteiger partial charge in [0.1, 0.15) is 5.75 Å². The molecule has 0 aliphatic heterocycles. The number of aliphatic hydroxyl groups excluding tert-OH is 1. The normalized spacial score (nSPS) is 24.9. The fraction of sp³-hybridized carbons (Fsp3) is 0.600. The van der Waals surface area contributed by atoms with Gasteiger partial charge in [0.05, 0.1) is 6.10 Å². The number of aryl methyl sites for hydroxylation is 1. The zero-order valence-electron chi connectivity index (χ0n) is 15.6. The maximum Gasteiger partial charge on any atom is 0.250 e. The summed E-state index contributed by atoms with van der Waals surface area (Å²) in [6.45, 7) is 17.3. The van der Waals surface area contributed by atoms with Gasteiger partial charge in [0.25, 0.3) is 0 Å². The van der Waals surface area contributed by atoms with Crippen LogP contribution in [0.4, 0.5) is 0 Å². The first-order valence-electron chi connectivity index (χ1n) is 8.63. The molecule has 0 radical (unpaired) electrons. The molecule has 2 rings (SSSR count). The van der Waals surface area contributed by atoms with Crippen molar-refractivity contribution in [2.75, 3.05) is 0 Å². The summed E-state index contributed by atoms with van der Waals surface area (Å²) in [6.07, 6.45) is 4.13. The molecular formula is C20H32O2Si. The minimum Gasteiger partial charge on any atom is -0.543 e. The second-order valence-corrected chi connectivity index (χ2v) is 13.4. The van der Waals surface area contributed by atoms with Gasteiger partial charge < -0.3 is 9.53 Å². The topological polar surface area (TPSA) is 29.5 Å². The van der Waals surface area contributed by atoms with Gasteiger partial charge in [-0.2, -0.15) is 0 Å². The number of hydrogen-bond acceptors (Lipinski definition) is 2. The van der Waals surface area contributed by atoms with Crippen molar-refractivity contribution in [2.24, 2.45) is 0 Å². The van der Waals surface area contributed by atoms with E-state index in [1.54, 1.807) is 0 Å². The molecule has 1 aliphatic rings. The third-order valence-electron chi connectivity index (χ3n) is 5.86.